The van der Waals surface area contributed by atoms with Crippen molar-refractivity contribution >= 4 is 17.6 Å². The molecule has 1 unspecified atom stereocenters. The summed E-state index contributed by atoms with van der Waals surface area (Å²) in [6.45, 7) is 0. The molecular formula is C7H8O2S. The monoisotopic (exact) mass is 156 g/mol. The fourth-order valence-electron chi connectivity index (χ4n) is 0.688. The van der Waals surface area contributed by atoms with Gasteiger partial charge in [0, 0.05) is 11.3 Å². The van der Waals surface area contributed by atoms with E-state index >= 15 is 0 Å². The van der Waals surface area contributed by atoms with Crippen LogP contribution in [0.2, 0.25) is 0 Å². The fraction of sp³-hybridized carbons (Fsp3) is 0.286. The van der Waals surface area contributed by atoms with Gasteiger partial charge in [0.2, 0.25) is 0 Å². The van der Waals surface area contributed by atoms with Gasteiger partial charge in [0.25, 0.3) is 0 Å². The van der Waals surface area contributed by atoms with Crippen molar-refractivity contribution in [3.05, 3.63) is 22.4 Å². The van der Waals surface area contributed by atoms with Crippen molar-refractivity contribution in [1.29, 1.82) is 0 Å². The van der Waals surface area contributed by atoms with E-state index in [0.29, 0.717) is 0 Å². The van der Waals surface area contributed by atoms with Gasteiger partial charge in [-0.15, -0.1) is 11.3 Å². The van der Waals surface area contributed by atoms with Gasteiger partial charge in [0.1, 0.15) is 6.29 Å². The van der Waals surface area contributed by atoms with E-state index < -0.39 is 6.10 Å². The molecule has 1 aromatic heterocycles. The SMILES string of the molecule is O=CCC(O)c1cccs1. The van der Waals surface area contributed by atoms with Crippen LogP contribution >= 0.6 is 11.3 Å². The van der Waals surface area contributed by atoms with Crippen LogP contribution in [0.1, 0.15) is 17.4 Å². The first-order valence-corrected chi connectivity index (χ1v) is 3.87. The van der Waals surface area contributed by atoms with Crippen molar-refractivity contribution in [1.82, 2.24) is 0 Å². The molecule has 0 aliphatic carbocycles. The van der Waals surface area contributed by atoms with Crippen LogP contribution in [0, 0.1) is 0 Å². The highest BCUT2D eigenvalue weighted by molar-refractivity contribution is 7.10. The summed E-state index contributed by atoms with van der Waals surface area (Å²) in [5, 5.41) is 11.1. The number of hydrogen-bond donors (Lipinski definition) is 1. The van der Waals surface area contributed by atoms with Gasteiger partial charge in [-0.05, 0) is 11.4 Å². The van der Waals surface area contributed by atoms with Gasteiger partial charge in [0.15, 0.2) is 0 Å². The Bertz CT molecular complexity index is 193. The van der Waals surface area contributed by atoms with E-state index in [9.17, 15) is 9.90 Å². The molecule has 2 nitrogen and oxygen atoms in total. The highest BCUT2D eigenvalue weighted by atomic mass is 32.1. The fourth-order valence-corrected chi connectivity index (χ4v) is 1.41. The summed E-state index contributed by atoms with van der Waals surface area (Å²) >= 11 is 1.46. The molecule has 54 valence electrons. The van der Waals surface area contributed by atoms with Gasteiger partial charge in [-0.1, -0.05) is 6.07 Å². The van der Waals surface area contributed by atoms with Crippen molar-refractivity contribution in [3.8, 4) is 0 Å². The second-order valence-electron chi connectivity index (χ2n) is 1.93. The molecule has 1 N–H and O–H groups in total. The number of aliphatic hydroxyl groups excluding tert-OH is 1. The highest BCUT2D eigenvalue weighted by Gasteiger charge is 2.05. The van der Waals surface area contributed by atoms with Crippen molar-refractivity contribution in [2.24, 2.45) is 0 Å². The first kappa shape index (κ1) is 7.44. The predicted molar refractivity (Wildman–Crippen MR) is 40.0 cm³/mol. The van der Waals surface area contributed by atoms with Gasteiger partial charge in [-0.25, -0.2) is 0 Å². The van der Waals surface area contributed by atoms with Crippen LogP contribution < -0.4 is 0 Å². The minimum absolute atomic E-state index is 0.195. The molecule has 10 heavy (non-hydrogen) atoms. The molecule has 0 radical (unpaired) electrons. The minimum Gasteiger partial charge on any atom is -0.387 e. The van der Waals surface area contributed by atoms with Gasteiger partial charge in [0.05, 0.1) is 6.10 Å². The predicted octanol–water partition coefficient (Wildman–Crippen LogP) is 1.37. The Morgan fingerprint density at radius 3 is 3.10 bits per heavy atom. The Labute approximate surface area is 63.1 Å². The molecule has 0 fully saturated rings. The van der Waals surface area contributed by atoms with Gasteiger partial charge in [-0.2, -0.15) is 0 Å². The second kappa shape index (κ2) is 3.49. The number of aliphatic hydroxyl groups is 1. The van der Waals surface area contributed by atoms with Crippen LogP contribution in [0.4, 0.5) is 0 Å². The van der Waals surface area contributed by atoms with Gasteiger partial charge < -0.3 is 9.90 Å². The number of thiophene rings is 1. The average molecular weight is 156 g/mol. The normalized spacial score (nSPS) is 12.9. The first-order chi connectivity index (χ1) is 4.84. The Morgan fingerprint density at radius 1 is 1.80 bits per heavy atom. The van der Waals surface area contributed by atoms with E-state index in [0.717, 1.165) is 11.2 Å². The maximum atomic E-state index is 9.96. The molecule has 0 aliphatic heterocycles. The quantitative estimate of drug-likeness (QED) is 0.671. The lowest BCUT2D eigenvalue weighted by Gasteiger charge is -2.00. The van der Waals surface area contributed by atoms with Crippen LogP contribution in [0.15, 0.2) is 17.5 Å². The lowest BCUT2D eigenvalue weighted by atomic mass is 10.2. The second-order valence-corrected chi connectivity index (χ2v) is 2.91. The Balaban J connectivity index is 2.58. The van der Waals surface area contributed by atoms with Crippen LogP contribution in [0.25, 0.3) is 0 Å². The third-order valence-corrected chi connectivity index (χ3v) is 2.16. The van der Waals surface area contributed by atoms with Crippen molar-refractivity contribution in [3.63, 3.8) is 0 Å². The maximum Gasteiger partial charge on any atom is 0.122 e. The van der Waals surface area contributed by atoms with E-state index in [1.54, 1.807) is 0 Å². The summed E-state index contributed by atoms with van der Waals surface area (Å²) in [6, 6.07) is 3.67. The molecule has 1 rings (SSSR count). The number of hydrogen-bond acceptors (Lipinski definition) is 3. The number of rotatable bonds is 3. The summed E-state index contributed by atoms with van der Waals surface area (Å²) in [7, 11) is 0. The molecule has 0 saturated carbocycles. The average Bonchev–Trinajstić information content (AvgIpc) is 2.38. The van der Waals surface area contributed by atoms with E-state index in [2.05, 4.69) is 0 Å². The standard InChI is InChI=1S/C7H8O2S/c8-4-3-6(9)7-2-1-5-10-7/h1-2,4-6,9H,3H2. The largest absolute Gasteiger partial charge is 0.387 e. The summed E-state index contributed by atoms with van der Waals surface area (Å²) in [6.07, 6.45) is 0.322. The van der Waals surface area contributed by atoms with E-state index in [-0.39, 0.29) is 6.42 Å². The third kappa shape index (κ3) is 1.65. The molecule has 0 aliphatic rings. The lowest BCUT2D eigenvalue weighted by molar-refractivity contribution is -0.109. The van der Waals surface area contributed by atoms with Crippen LogP contribution in [-0.2, 0) is 4.79 Å². The number of aldehydes is 1. The molecule has 0 bridgehead atoms. The molecule has 0 saturated heterocycles. The van der Waals surface area contributed by atoms with E-state index in [1.165, 1.54) is 11.3 Å². The number of carbonyl (C=O) groups is 1. The molecule has 0 spiro atoms. The van der Waals surface area contributed by atoms with Crippen LogP contribution in [-0.4, -0.2) is 11.4 Å². The summed E-state index contributed by atoms with van der Waals surface area (Å²) in [5.41, 5.74) is 0. The van der Waals surface area contributed by atoms with Crippen molar-refractivity contribution < 1.29 is 9.90 Å². The molecule has 1 heterocycles. The zero-order chi connectivity index (χ0) is 7.40. The molecule has 0 amide bonds. The Kier molecular flexibility index (Phi) is 2.59. The van der Waals surface area contributed by atoms with Gasteiger partial charge >= 0.3 is 0 Å². The Morgan fingerprint density at radius 2 is 2.60 bits per heavy atom. The van der Waals surface area contributed by atoms with E-state index in [1.807, 2.05) is 17.5 Å². The summed E-state index contributed by atoms with van der Waals surface area (Å²) in [4.78, 5) is 10.8. The molecule has 0 aromatic carbocycles. The first-order valence-electron chi connectivity index (χ1n) is 2.99. The molecule has 1 atom stereocenters. The smallest absolute Gasteiger partial charge is 0.122 e. The molecular weight excluding hydrogens is 148 g/mol. The van der Waals surface area contributed by atoms with Crippen molar-refractivity contribution in [2.45, 2.75) is 12.5 Å². The topological polar surface area (TPSA) is 37.3 Å². The van der Waals surface area contributed by atoms with Gasteiger partial charge in [-0.3, -0.25) is 0 Å². The summed E-state index contributed by atoms with van der Waals surface area (Å²) in [5.74, 6) is 0. The summed E-state index contributed by atoms with van der Waals surface area (Å²) < 4.78 is 0. The van der Waals surface area contributed by atoms with Crippen molar-refractivity contribution in [2.75, 3.05) is 0 Å². The number of carbonyl (C=O) groups excluding carboxylic acids is 1. The third-order valence-electron chi connectivity index (χ3n) is 1.19. The highest BCUT2D eigenvalue weighted by Crippen LogP contribution is 2.20. The minimum atomic E-state index is -0.600. The Hall–Kier alpha value is -0.670. The maximum absolute atomic E-state index is 9.96. The van der Waals surface area contributed by atoms with Crippen LogP contribution in [0.5, 0.6) is 0 Å². The zero-order valence-electron chi connectivity index (χ0n) is 5.36. The van der Waals surface area contributed by atoms with E-state index in [4.69, 9.17) is 0 Å². The van der Waals surface area contributed by atoms with Crippen LogP contribution in [0.3, 0.4) is 0 Å². The lowest BCUT2D eigenvalue weighted by Crippen LogP contribution is -1.93. The molecule has 1 aromatic rings. The zero-order valence-corrected chi connectivity index (χ0v) is 6.17. The molecule has 3 heteroatoms.